The average Bonchev–Trinajstić information content (AvgIpc) is 2.34. The summed E-state index contributed by atoms with van der Waals surface area (Å²) >= 11 is 0. The number of hydrogen-bond acceptors (Lipinski definition) is 3. The van der Waals surface area contributed by atoms with Crippen molar-refractivity contribution in [2.45, 2.75) is 26.2 Å². The molecule has 1 aromatic carbocycles. The molecule has 1 aliphatic rings. The Balaban J connectivity index is 1.68. The lowest BCUT2D eigenvalue weighted by molar-refractivity contribution is 0.634. The van der Waals surface area contributed by atoms with E-state index in [1.807, 2.05) is 13.8 Å². The second kappa shape index (κ2) is 4.41. The molecule has 0 aliphatic heterocycles. The smallest absolute Gasteiger partial charge is 0.147 e. The fraction of sp³-hybridized carbons (Fsp3) is 0.333. The van der Waals surface area contributed by atoms with Gasteiger partial charge in [-0.15, -0.1) is 0 Å². The third-order valence-electron chi connectivity index (χ3n) is 3.55. The zero-order chi connectivity index (χ0) is 12.5. The third-order valence-corrected chi connectivity index (χ3v) is 3.55. The lowest BCUT2D eigenvalue weighted by atomic mass is 9.77. The Morgan fingerprint density at radius 1 is 1.28 bits per heavy atom. The van der Waals surface area contributed by atoms with Crippen LogP contribution in [0.5, 0.6) is 0 Å². The first kappa shape index (κ1) is 11.2. The van der Waals surface area contributed by atoms with Crippen LogP contribution in [0.1, 0.15) is 28.4 Å². The van der Waals surface area contributed by atoms with Gasteiger partial charge in [0, 0.05) is 18.7 Å². The molecular weight excluding hydrogens is 222 g/mol. The number of anilines is 1. The molecule has 3 nitrogen and oxygen atoms in total. The predicted molar refractivity (Wildman–Crippen MR) is 72.9 cm³/mol. The molecule has 1 N–H and O–H groups in total. The van der Waals surface area contributed by atoms with Gasteiger partial charge < -0.3 is 5.32 Å². The molecule has 1 unspecified atom stereocenters. The number of nitrogens with zero attached hydrogens (tertiary/aromatic N) is 2. The molecule has 0 fully saturated rings. The van der Waals surface area contributed by atoms with Crippen molar-refractivity contribution < 1.29 is 0 Å². The monoisotopic (exact) mass is 239 g/mol. The van der Waals surface area contributed by atoms with Crippen molar-refractivity contribution in [3.05, 3.63) is 53.0 Å². The lowest BCUT2D eigenvalue weighted by Gasteiger charge is -2.30. The number of aryl methyl sites for hydroxylation is 2. The summed E-state index contributed by atoms with van der Waals surface area (Å²) in [6.07, 6.45) is 2.97. The minimum atomic E-state index is 0.614. The minimum absolute atomic E-state index is 0.614. The molecule has 92 valence electrons. The van der Waals surface area contributed by atoms with E-state index in [-0.39, 0.29) is 0 Å². The molecule has 1 aliphatic carbocycles. The number of aromatic nitrogens is 2. The van der Waals surface area contributed by atoms with Gasteiger partial charge in [0.2, 0.25) is 0 Å². The first-order valence-electron chi connectivity index (χ1n) is 6.36. The summed E-state index contributed by atoms with van der Waals surface area (Å²) in [5.74, 6) is 1.53. The van der Waals surface area contributed by atoms with Gasteiger partial charge in [-0.3, -0.25) is 4.98 Å². The first-order chi connectivity index (χ1) is 8.74. The average molecular weight is 239 g/mol. The van der Waals surface area contributed by atoms with Gasteiger partial charge in [0.15, 0.2) is 0 Å². The number of rotatable bonds is 3. The van der Waals surface area contributed by atoms with Gasteiger partial charge >= 0.3 is 0 Å². The van der Waals surface area contributed by atoms with E-state index in [2.05, 4.69) is 39.6 Å². The standard InChI is InChI=1S/C15H17N3/c1-10-8-16-11(2)15(18-10)17-9-13-7-12-5-3-4-6-14(12)13/h3-6,8,13H,7,9H2,1-2H3,(H,17,18). The first-order valence-corrected chi connectivity index (χ1v) is 6.36. The van der Waals surface area contributed by atoms with Crippen LogP contribution in [0.15, 0.2) is 30.5 Å². The van der Waals surface area contributed by atoms with Crippen molar-refractivity contribution in [1.82, 2.24) is 9.97 Å². The zero-order valence-corrected chi connectivity index (χ0v) is 10.8. The molecule has 3 rings (SSSR count). The summed E-state index contributed by atoms with van der Waals surface area (Å²) in [7, 11) is 0. The summed E-state index contributed by atoms with van der Waals surface area (Å²) in [5.41, 5.74) is 4.88. The van der Waals surface area contributed by atoms with Gasteiger partial charge in [-0.05, 0) is 31.4 Å². The van der Waals surface area contributed by atoms with Crippen LogP contribution >= 0.6 is 0 Å². The molecule has 0 radical (unpaired) electrons. The van der Waals surface area contributed by atoms with Gasteiger partial charge in [0.05, 0.1) is 11.4 Å². The van der Waals surface area contributed by atoms with Crippen molar-refractivity contribution in [2.75, 3.05) is 11.9 Å². The quantitative estimate of drug-likeness (QED) is 0.895. The molecular formula is C15H17N3. The second-order valence-corrected chi connectivity index (χ2v) is 4.93. The third kappa shape index (κ3) is 1.96. The van der Waals surface area contributed by atoms with Crippen LogP contribution < -0.4 is 5.32 Å². The fourth-order valence-electron chi connectivity index (χ4n) is 2.47. The summed E-state index contributed by atoms with van der Waals surface area (Å²) in [4.78, 5) is 8.81. The maximum absolute atomic E-state index is 4.49. The van der Waals surface area contributed by atoms with Gasteiger partial charge in [0.1, 0.15) is 5.82 Å². The number of nitrogens with one attached hydrogen (secondary N) is 1. The van der Waals surface area contributed by atoms with Gasteiger partial charge in [-0.1, -0.05) is 24.3 Å². The highest BCUT2D eigenvalue weighted by Gasteiger charge is 2.25. The van der Waals surface area contributed by atoms with Crippen LogP contribution in [-0.2, 0) is 6.42 Å². The van der Waals surface area contributed by atoms with Gasteiger partial charge in [-0.25, -0.2) is 4.98 Å². The van der Waals surface area contributed by atoms with Gasteiger partial charge in [-0.2, -0.15) is 0 Å². The van der Waals surface area contributed by atoms with Crippen LogP contribution in [0.25, 0.3) is 0 Å². The van der Waals surface area contributed by atoms with Crippen LogP contribution in [-0.4, -0.2) is 16.5 Å². The topological polar surface area (TPSA) is 37.8 Å². The molecule has 1 heterocycles. The minimum Gasteiger partial charge on any atom is -0.368 e. The van der Waals surface area contributed by atoms with E-state index in [0.29, 0.717) is 5.92 Å². The van der Waals surface area contributed by atoms with Crippen LogP contribution in [0.2, 0.25) is 0 Å². The Hall–Kier alpha value is -1.90. The number of hydrogen-bond donors (Lipinski definition) is 1. The highest BCUT2D eigenvalue weighted by atomic mass is 15.0. The van der Waals surface area contributed by atoms with E-state index in [9.17, 15) is 0 Å². The van der Waals surface area contributed by atoms with E-state index in [1.54, 1.807) is 6.20 Å². The molecule has 1 aromatic heterocycles. The van der Waals surface area contributed by atoms with Crippen LogP contribution in [0.3, 0.4) is 0 Å². The highest BCUT2D eigenvalue weighted by molar-refractivity contribution is 5.44. The Kier molecular flexibility index (Phi) is 2.74. The van der Waals surface area contributed by atoms with E-state index >= 15 is 0 Å². The maximum Gasteiger partial charge on any atom is 0.147 e. The summed E-state index contributed by atoms with van der Waals surface area (Å²) in [6.45, 7) is 4.90. The molecule has 2 aromatic rings. The Morgan fingerprint density at radius 2 is 2.11 bits per heavy atom. The van der Waals surface area contributed by atoms with Crippen molar-refractivity contribution in [3.63, 3.8) is 0 Å². The van der Waals surface area contributed by atoms with Crippen molar-refractivity contribution >= 4 is 5.82 Å². The largest absolute Gasteiger partial charge is 0.368 e. The molecule has 0 saturated carbocycles. The molecule has 0 amide bonds. The van der Waals surface area contributed by atoms with E-state index in [4.69, 9.17) is 0 Å². The van der Waals surface area contributed by atoms with Gasteiger partial charge in [0.25, 0.3) is 0 Å². The van der Waals surface area contributed by atoms with Crippen LogP contribution in [0, 0.1) is 13.8 Å². The highest BCUT2D eigenvalue weighted by Crippen LogP contribution is 2.34. The van der Waals surface area contributed by atoms with Crippen molar-refractivity contribution in [3.8, 4) is 0 Å². The number of fused-ring (bicyclic) bond motifs is 1. The Labute approximate surface area is 107 Å². The summed E-state index contributed by atoms with van der Waals surface area (Å²) in [6, 6.07) is 8.66. The summed E-state index contributed by atoms with van der Waals surface area (Å²) < 4.78 is 0. The fourth-order valence-corrected chi connectivity index (χ4v) is 2.47. The van der Waals surface area contributed by atoms with E-state index < -0.39 is 0 Å². The van der Waals surface area contributed by atoms with Crippen molar-refractivity contribution in [1.29, 1.82) is 0 Å². The Bertz CT molecular complexity index is 578. The van der Waals surface area contributed by atoms with Crippen LogP contribution in [0.4, 0.5) is 5.82 Å². The lowest BCUT2D eigenvalue weighted by Crippen LogP contribution is -2.24. The van der Waals surface area contributed by atoms with E-state index in [1.165, 1.54) is 17.5 Å². The molecule has 0 saturated heterocycles. The maximum atomic E-state index is 4.49. The number of benzene rings is 1. The predicted octanol–water partition coefficient (Wildman–Crippen LogP) is 2.85. The molecule has 0 bridgehead atoms. The second-order valence-electron chi connectivity index (χ2n) is 4.93. The molecule has 0 spiro atoms. The summed E-state index contributed by atoms with van der Waals surface area (Å²) in [5, 5.41) is 3.42. The molecule has 1 atom stereocenters. The van der Waals surface area contributed by atoms with E-state index in [0.717, 1.165) is 23.8 Å². The SMILES string of the molecule is Cc1cnc(C)c(NCC2Cc3ccccc32)n1. The van der Waals surface area contributed by atoms with Crippen molar-refractivity contribution in [2.24, 2.45) is 0 Å². The molecule has 18 heavy (non-hydrogen) atoms. The molecule has 3 heteroatoms. The normalized spacial score (nSPS) is 16.9. The Morgan fingerprint density at radius 3 is 2.94 bits per heavy atom. The zero-order valence-electron chi connectivity index (χ0n) is 10.8.